The lowest BCUT2D eigenvalue weighted by Crippen LogP contribution is -1.88. The summed E-state index contributed by atoms with van der Waals surface area (Å²) in [5.74, 6) is 0. The van der Waals surface area contributed by atoms with Crippen LogP contribution in [-0.2, 0) is 0 Å². The molecular weight excluding hydrogens is 202 g/mol. The maximum atomic E-state index is 10.7. The van der Waals surface area contributed by atoms with E-state index in [1.54, 1.807) is 12.1 Å². The van der Waals surface area contributed by atoms with Crippen LogP contribution in [0.5, 0.6) is 0 Å². The molecule has 0 saturated carbocycles. The van der Waals surface area contributed by atoms with Crippen molar-refractivity contribution in [3.05, 3.63) is 64.2 Å². The van der Waals surface area contributed by atoms with E-state index >= 15 is 0 Å². The van der Waals surface area contributed by atoms with Crippen LogP contribution in [0.4, 0.5) is 5.69 Å². The van der Waals surface area contributed by atoms with Gasteiger partial charge in [-0.2, -0.15) is 0 Å². The maximum absolute atomic E-state index is 10.7. The normalized spacial score (nSPS) is 10.1. The number of benzene rings is 2. The molecule has 0 aromatic heterocycles. The summed E-state index contributed by atoms with van der Waals surface area (Å²) < 4.78 is 0. The van der Waals surface area contributed by atoms with E-state index in [9.17, 15) is 10.1 Å². The highest BCUT2D eigenvalue weighted by atomic mass is 16.6. The highest BCUT2D eigenvalue weighted by Gasteiger charge is 2.06. The van der Waals surface area contributed by atoms with Crippen molar-refractivity contribution in [3.63, 3.8) is 0 Å². The molecule has 0 heterocycles. The minimum atomic E-state index is -0.384. The van der Waals surface area contributed by atoms with Crippen LogP contribution in [0.1, 0.15) is 5.56 Å². The highest BCUT2D eigenvalue weighted by molar-refractivity contribution is 5.66. The molecule has 1 radical (unpaired) electrons. The van der Waals surface area contributed by atoms with Gasteiger partial charge in [0.05, 0.1) is 4.92 Å². The third-order valence-corrected chi connectivity index (χ3v) is 2.34. The first-order valence-electron chi connectivity index (χ1n) is 4.90. The van der Waals surface area contributed by atoms with Crippen LogP contribution < -0.4 is 0 Å². The SMILES string of the molecule is Cc1[c]ccc(-c2cccc([N+](=O)[O-])c2)c1. The molecule has 3 heteroatoms. The van der Waals surface area contributed by atoms with Gasteiger partial charge in [0.2, 0.25) is 0 Å². The highest BCUT2D eigenvalue weighted by Crippen LogP contribution is 2.24. The molecule has 2 aromatic rings. The Morgan fingerprint density at radius 3 is 2.62 bits per heavy atom. The average Bonchev–Trinajstić information content (AvgIpc) is 2.29. The van der Waals surface area contributed by atoms with E-state index in [2.05, 4.69) is 6.07 Å². The zero-order chi connectivity index (χ0) is 11.5. The minimum absolute atomic E-state index is 0.114. The fourth-order valence-electron chi connectivity index (χ4n) is 1.56. The van der Waals surface area contributed by atoms with Crippen LogP contribution in [-0.4, -0.2) is 4.92 Å². The maximum Gasteiger partial charge on any atom is 0.270 e. The molecular formula is C13H10NO2. The van der Waals surface area contributed by atoms with E-state index in [4.69, 9.17) is 0 Å². The molecule has 0 N–H and O–H groups in total. The van der Waals surface area contributed by atoms with E-state index in [0.29, 0.717) is 0 Å². The number of aryl methyl sites for hydroxylation is 1. The molecule has 0 saturated heterocycles. The number of nitro groups is 1. The monoisotopic (exact) mass is 212 g/mol. The van der Waals surface area contributed by atoms with Crippen LogP contribution in [0.2, 0.25) is 0 Å². The predicted octanol–water partition coefficient (Wildman–Crippen LogP) is 3.37. The van der Waals surface area contributed by atoms with Crippen molar-refractivity contribution < 1.29 is 4.92 Å². The Labute approximate surface area is 93.5 Å². The Bertz CT molecular complexity index is 535. The van der Waals surface area contributed by atoms with Gasteiger partial charge in [-0.25, -0.2) is 0 Å². The quantitative estimate of drug-likeness (QED) is 0.565. The summed E-state index contributed by atoms with van der Waals surface area (Å²) in [4.78, 5) is 10.3. The average molecular weight is 212 g/mol. The summed E-state index contributed by atoms with van der Waals surface area (Å²) >= 11 is 0. The van der Waals surface area contributed by atoms with Crippen molar-refractivity contribution in [1.29, 1.82) is 0 Å². The summed E-state index contributed by atoms with van der Waals surface area (Å²) in [5.41, 5.74) is 2.96. The molecule has 0 aliphatic heterocycles. The first kappa shape index (κ1) is 10.4. The molecule has 0 amide bonds. The van der Waals surface area contributed by atoms with Gasteiger partial charge in [0.15, 0.2) is 0 Å². The van der Waals surface area contributed by atoms with Crippen molar-refractivity contribution in [1.82, 2.24) is 0 Å². The molecule has 0 bridgehead atoms. The topological polar surface area (TPSA) is 43.1 Å². The molecule has 0 fully saturated rings. The largest absolute Gasteiger partial charge is 0.270 e. The zero-order valence-electron chi connectivity index (χ0n) is 8.81. The number of non-ortho nitro benzene ring substituents is 1. The number of nitrogens with zero attached hydrogens (tertiary/aromatic N) is 1. The first-order valence-corrected chi connectivity index (χ1v) is 4.90. The molecule has 0 unspecified atom stereocenters. The second-order valence-electron chi connectivity index (χ2n) is 3.57. The van der Waals surface area contributed by atoms with Gasteiger partial charge in [0, 0.05) is 12.1 Å². The third kappa shape index (κ3) is 2.08. The van der Waals surface area contributed by atoms with Crippen molar-refractivity contribution in [2.45, 2.75) is 6.92 Å². The van der Waals surface area contributed by atoms with E-state index in [1.807, 2.05) is 31.2 Å². The fraction of sp³-hybridized carbons (Fsp3) is 0.0769. The summed E-state index contributed by atoms with van der Waals surface area (Å²) in [6, 6.07) is 15.3. The first-order chi connectivity index (χ1) is 7.66. The van der Waals surface area contributed by atoms with Gasteiger partial charge >= 0.3 is 0 Å². The predicted molar refractivity (Wildman–Crippen MR) is 62.1 cm³/mol. The Balaban J connectivity index is 2.48. The van der Waals surface area contributed by atoms with Gasteiger partial charge in [0.1, 0.15) is 0 Å². The van der Waals surface area contributed by atoms with Gasteiger partial charge < -0.3 is 0 Å². The molecule has 2 rings (SSSR count). The number of nitro benzene ring substituents is 1. The molecule has 16 heavy (non-hydrogen) atoms. The Morgan fingerprint density at radius 2 is 1.94 bits per heavy atom. The standard InChI is InChI=1S/C13H10NO2/c1-10-4-2-5-11(8-10)12-6-3-7-13(9-12)14(15)16/h2-3,5-9H,1H3. The number of hydrogen-bond acceptors (Lipinski definition) is 2. The van der Waals surface area contributed by atoms with Gasteiger partial charge in [-0.15, -0.1) is 0 Å². The van der Waals surface area contributed by atoms with Crippen LogP contribution in [0.3, 0.4) is 0 Å². The molecule has 79 valence electrons. The third-order valence-electron chi connectivity index (χ3n) is 2.34. The van der Waals surface area contributed by atoms with Crippen LogP contribution in [0.25, 0.3) is 11.1 Å². The Kier molecular flexibility index (Phi) is 2.68. The summed E-state index contributed by atoms with van der Waals surface area (Å²) in [6.07, 6.45) is 0. The number of hydrogen-bond donors (Lipinski definition) is 0. The van der Waals surface area contributed by atoms with E-state index in [0.717, 1.165) is 16.7 Å². The lowest BCUT2D eigenvalue weighted by molar-refractivity contribution is -0.384. The van der Waals surface area contributed by atoms with Gasteiger partial charge in [0.25, 0.3) is 5.69 Å². The Morgan fingerprint density at radius 1 is 1.19 bits per heavy atom. The zero-order valence-corrected chi connectivity index (χ0v) is 8.81. The van der Waals surface area contributed by atoms with Gasteiger partial charge in [-0.1, -0.05) is 30.3 Å². The van der Waals surface area contributed by atoms with E-state index in [1.165, 1.54) is 6.07 Å². The van der Waals surface area contributed by atoms with E-state index in [-0.39, 0.29) is 10.6 Å². The minimum Gasteiger partial charge on any atom is -0.258 e. The second-order valence-corrected chi connectivity index (χ2v) is 3.57. The van der Waals surface area contributed by atoms with Crippen molar-refractivity contribution in [2.75, 3.05) is 0 Å². The summed E-state index contributed by atoms with van der Waals surface area (Å²) in [6.45, 7) is 1.95. The molecule has 2 aromatic carbocycles. The van der Waals surface area contributed by atoms with Gasteiger partial charge in [-0.05, 0) is 29.7 Å². The van der Waals surface area contributed by atoms with Crippen LogP contribution >= 0.6 is 0 Å². The lowest BCUT2D eigenvalue weighted by atomic mass is 10.0. The summed E-state index contributed by atoms with van der Waals surface area (Å²) in [7, 11) is 0. The summed E-state index contributed by atoms with van der Waals surface area (Å²) in [5, 5.41) is 10.7. The van der Waals surface area contributed by atoms with Gasteiger partial charge in [-0.3, -0.25) is 10.1 Å². The van der Waals surface area contributed by atoms with Crippen LogP contribution in [0, 0.1) is 23.1 Å². The fourth-order valence-corrected chi connectivity index (χ4v) is 1.56. The lowest BCUT2D eigenvalue weighted by Gasteiger charge is -2.02. The smallest absolute Gasteiger partial charge is 0.258 e. The molecule has 0 spiro atoms. The van der Waals surface area contributed by atoms with E-state index < -0.39 is 0 Å². The second kappa shape index (κ2) is 4.14. The number of rotatable bonds is 2. The van der Waals surface area contributed by atoms with Crippen LogP contribution in [0.15, 0.2) is 42.5 Å². The Hall–Kier alpha value is -2.16. The van der Waals surface area contributed by atoms with Crippen molar-refractivity contribution in [3.8, 4) is 11.1 Å². The molecule has 0 atom stereocenters. The van der Waals surface area contributed by atoms with Crippen molar-refractivity contribution in [2.24, 2.45) is 0 Å². The van der Waals surface area contributed by atoms with Crippen molar-refractivity contribution >= 4 is 5.69 Å². The molecule has 3 nitrogen and oxygen atoms in total. The molecule has 0 aliphatic carbocycles. The molecule has 0 aliphatic rings.